The Bertz CT molecular complexity index is 705. The molecule has 0 fully saturated rings. The number of alkyl carbamates (subject to hydrolysis) is 1. The lowest BCUT2D eigenvalue weighted by molar-refractivity contribution is -0.133. The summed E-state index contributed by atoms with van der Waals surface area (Å²) in [5.74, 6) is -0.163. The van der Waals surface area contributed by atoms with Gasteiger partial charge in [0.15, 0.2) is 0 Å². The molecule has 0 radical (unpaired) electrons. The van der Waals surface area contributed by atoms with E-state index in [1.807, 2.05) is 49.4 Å². The molecule has 0 aliphatic rings. The molecule has 134 valence electrons. The predicted molar refractivity (Wildman–Crippen MR) is 99.6 cm³/mol. The molecule has 7 heteroatoms. The lowest BCUT2D eigenvalue weighted by Crippen LogP contribution is -2.46. The average Bonchev–Trinajstić information content (AvgIpc) is 3.03. The van der Waals surface area contributed by atoms with E-state index in [0.29, 0.717) is 17.4 Å². The molecule has 1 aromatic heterocycles. The number of hydrogen-bond acceptors (Lipinski definition) is 4. The van der Waals surface area contributed by atoms with Gasteiger partial charge in [0, 0.05) is 11.4 Å². The third kappa shape index (κ3) is 6.07. The molecule has 0 saturated heterocycles. The van der Waals surface area contributed by atoms with E-state index in [4.69, 9.17) is 16.3 Å². The largest absolute Gasteiger partial charge is 0.445 e. The van der Waals surface area contributed by atoms with Gasteiger partial charge in [-0.15, -0.1) is 11.3 Å². The normalized spacial score (nSPS) is 11.6. The number of ether oxygens (including phenoxy) is 1. The highest BCUT2D eigenvalue weighted by Gasteiger charge is 2.22. The molecular weight excluding hydrogens is 360 g/mol. The van der Waals surface area contributed by atoms with Crippen LogP contribution in [0.15, 0.2) is 42.5 Å². The molecule has 2 amide bonds. The van der Waals surface area contributed by atoms with Crippen LogP contribution in [-0.2, 0) is 22.7 Å². The van der Waals surface area contributed by atoms with Crippen LogP contribution in [0.5, 0.6) is 0 Å². The summed E-state index contributed by atoms with van der Waals surface area (Å²) >= 11 is 7.36. The van der Waals surface area contributed by atoms with Crippen molar-refractivity contribution in [1.82, 2.24) is 10.2 Å². The predicted octanol–water partition coefficient (Wildman–Crippen LogP) is 4.06. The lowest BCUT2D eigenvalue weighted by Gasteiger charge is -2.24. The van der Waals surface area contributed by atoms with E-state index in [1.165, 1.54) is 11.3 Å². The highest BCUT2D eigenvalue weighted by atomic mass is 35.5. The number of benzene rings is 1. The number of nitrogens with one attached hydrogen (secondary N) is 1. The van der Waals surface area contributed by atoms with Crippen molar-refractivity contribution in [1.29, 1.82) is 0 Å². The van der Waals surface area contributed by atoms with Gasteiger partial charge in [-0.3, -0.25) is 4.79 Å². The molecule has 1 unspecified atom stereocenters. The van der Waals surface area contributed by atoms with E-state index in [9.17, 15) is 9.59 Å². The molecule has 25 heavy (non-hydrogen) atoms. The zero-order chi connectivity index (χ0) is 18.2. The van der Waals surface area contributed by atoms with E-state index < -0.39 is 12.1 Å². The second kappa shape index (κ2) is 9.44. The monoisotopic (exact) mass is 380 g/mol. The minimum absolute atomic E-state index is 0.163. The number of carbonyl (C=O) groups is 2. The summed E-state index contributed by atoms with van der Waals surface area (Å²) in [6.07, 6.45) is -0.611. The number of halogens is 1. The second-order valence-electron chi connectivity index (χ2n) is 5.49. The van der Waals surface area contributed by atoms with Crippen LogP contribution in [0.3, 0.4) is 0 Å². The number of likely N-dealkylation sites (N-methyl/N-ethyl adjacent to an activating group) is 1. The molecule has 0 spiro atoms. The summed E-state index contributed by atoms with van der Waals surface area (Å²) < 4.78 is 5.84. The Morgan fingerprint density at radius 2 is 1.96 bits per heavy atom. The van der Waals surface area contributed by atoms with Gasteiger partial charge in [0.05, 0.1) is 10.9 Å². The molecule has 2 rings (SSSR count). The van der Waals surface area contributed by atoms with E-state index in [2.05, 4.69) is 5.32 Å². The number of amides is 2. The van der Waals surface area contributed by atoms with Gasteiger partial charge in [-0.2, -0.15) is 0 Å². The van der Waals surface area contributed by atoms with Crippen LogP contribution >= 0.6 is 22.9 Å². The minimum Gasteiger partial charge on any atom is -0.445 e. The second-order valence-corrected chi connectivity index (χ2v) is 7.29. The highest BCUT2D eigenvalue weighted by Crippen LogP contribution is 2.22. The van der Waals surface area contributed by atoms with Gasteiger partial charge in [-0.25, -0.2) is 4.79 Å². The SMILES string of the molecule is CCN(Cc1ccc(Cl)s1)C(=O)C(C)NC(=O)OCc1ccccc1. The number of thiophene rings is 1. The van der Waals surface area contributed by atoms with Gasteiger partial charge in [-0.05, 0) is 31.5 Å². The molecule has 0 bridgehead atoms. The Labute approximate surface area is 156 Å². The molecule has 1 aromatic carbocycles. The van der Waals surface area contributed by atoms with E-state index in [1.54, 1.807) is 11.8 Å². The first-order valence-corrected chi connectivity index (χ1v) is 9.19. The lowest BCUT2D eigenvalue weighted by atomic mass is 10.2. The van der Waals surface area contributed by atoms with Gasteiger partial charge in [0.2, 0.25) is 5.91 Å². The van der Waals surface area contributed by atoms with E-state index in [-0.39, 0.29) is 12.5 Å². The van der Waals surface area contributed by atoms with Crippen LogP contribution in [0.2, 0.25) is 4.34 Å². The van der Waals surface area contributed by atoms with Crippen LogP contribution < -0.4 is 5.32 Å². The van der Waals surface area contributed by atoms with Gasteiger partial charge in [0.1, 0.15) is 12.6 Å². The number of carbonyl (C=O) groups excluding carboxylic acids is 2. The van der Waals surface area contributed by atoms with Crippen LogP contribution in [-0.4, -0.2) is 29.5 Å². The fraction of sp³-hybridized carbons (Fsp3) is 0.333. The third-order valence-electron chi connectivity index (χ3n) is 3.59. The van der Waals surface area contributed by atoms with Gasteiger partial charge < -0.3 is 15.0 Å². The molecule has 0 aliphatic heterocycles. The van der Waals surface area contributed by atoms with Crippen molar-refractivity contribution in [2.45, 2.75) is 33.0 Å². The molecule has 5 nitrogen and oxygen atoms in total. The summed E-state index contributed by atoms with van der Waals surface area (Å²) in [6.45, 7) is 4.72. The summed E-state index contributed by atoms with van der Waals surface area (Å²) in [5, 5.41) is 2.58. The van der Waals surface area contributed by atoms with Gasteiger partial charge in [0.25, 0.3) is 0 Å². The minimum atomic E-state index is -0.668. The first-order chi connectivity index (χ1) is 12.0. The molecule has 1 N–H and O–H groups in total. The fourth-order valence-corrected chi connectivity index (χ4v) is 3.35. The summed E-state index contributed by atoms with van der Waals surface area (Å²) in [6, 6.07) is 12.4. The number of hydrogen-bond donors (Lipinski definition) is 1. The van der Waals surface area contributed by atoms with Gasteiger partial charge >= 0.3 is 6.09 Å². The van der Waals surface area contributed by atoms with E-state index >= 15 is 0 Å². The molecule has 0 saturated carbocycles. The van der Waals surface area contributed by atoms with Crippen molar-refractivity contribution < 1.29 is 14.3 Å². The van der Waals surface area contributed by atoms with Crippen molar-refractivity contribution in [2.24, 2.45) is 0 Å². The van der Waals surface area contributed by atoms with Crippen molar-refractivity contribution in [3.05, 3.63) is 57.2 Å². The Morgan fingerprint density at radius 3 is 2.56 bits per heavy atom. The Hall–Kier alpha value is -2.05. The summed E-state index contributed by atoms with van der Waals surface area (Å²) in [5.41, 5.74) is 0.890. The fourth-order valence-electron chi connectivity index (χ4n) is 2.25. The number of nitrogens with zero attached hydrogens (tertiary/aromatic N) is 1. The van der Waals surface area contributed by atoms with E-state index in [0.717, 1.165) is 10.4 Å². The van der Waals surface area contributed by atoms with Crippen molar-refractivity contribution in [3.8, 4) is 0 Å². The Morgan fingerprint density at radius 1 is 1.24 bits per heavy atom. The highest BCUT2D eigenvalue weighted by molar-refractivity contribution is 7.16. The zero-order valence-electron chi connectivity index (χ0n) is 14.2. The molecular formula is C18H21ClN2O3S. The Kier molecular flexibility index (Phi) is 7.28. The van der Waals surface area contributed by atoms with Crippen molar-refractivity contribution >= 4 is 34.9 Å². The van der Waals surface area contributed by atoms with Crippen LogP contribution in [0.4, 0.5) is 4.79 Å². The van der Waals surface area contributed by atoms with Gasteiger partial charge in [-0.1, -0.05) is 41.9 Å². The number of rotatable bonds is 7. The molecule has 1 heterocycles. The maximum atomic E-state index is 12.5. The first kappa shape index (κ1) is 19.3. The van der Waals surface area contributed by atoms with Crippen molar-refractivity contribution in [3.63, 3.8) is 0 Å². The topological polar surface area (TPSA) is 58.6 Å². The standard InChI is InChI=1S/C18H21ClN2O3S/c1-3-21(11-15-9-10-16(19)25-15)17(22)13(2)20-18(23)24-12-14-7-5-4-6-8-14/h4-10,13H,3,11-12H2,1-2H3,(H,20,23). The maximum Gasteiger partial charge on any atom is 0.408 e. The van der Waals surface area contributed by atoms with Crippen LogP contribution in [0.25, 0.3) is 0 Å². The quantitative estimate of drug-likeness (QED) is 0.787. The average molecular weight is 381 g/mol. The maximum absolute atomic E-state index is 12.5. The first-order valence-electron chi connectivity index (χ1n) is 7.99. The zero-order valence-corrected chi connectivity index (χ0v) is 15.8. The molecule has 0 aliphatic carbocycles. The third-order valence-corrected chi connectivity index (χ3v) is 4.80. The smallest absolute Gasteiger partial charge is 0.408 e. The summed E-state index contributed by atoms with van der Waals surface area (Å²) in [4.78, 5) is 27.1. The van der Waals surface area contributed by atoms with Crippen LogP contribution in [0, 0.1) is 0 Å². The Balaban J connectivity index is 1.83. The molecule has 1 atom stereocenters. The summed E-state index contributed by atoms with van der Waals surface area (Å²) in [7, 11) is 0. The van der Waals surface area contributed by atoms with Crippen LogP contribution in [0.1, 0.15) is 24.3 Å². The molecule has 2 aromatic rings. The van der Waals surface area contributed by atoms with Crippen molar-refractivity contribution in [2.75, 3.05) is 6.54 Å².